The molecule has 37 heteroatoms. The third-order valence-electron chi connectivity index (χ3n) is 19.5. The molecule has 3 heterocycles. The molecule has 4 aromatic rings. The first kappa shape index (κ1) is 93.5. The van der Waals surface area contributed by atoms with E-state index in [1.165, 1.54) is 43.4 Å². The number of aromatic amines is 2. The van der Waals surface area contributed by atoms with Gasteiger partial charge in [0.25, 0.3) is 0 Å². The molecule has 628 valence electrons. The number of carbonyl (C=O) groups excluding carboxylic acids is 14. The van der Waals surface area contributed by atoms with Crippen LogP contribution in [0.25, 0.3) is 10.9 Å². The molecule has 1 fully saturated rings. The second kappa shape index (κ2) is 46.8. The Hall–Kier alpha value is -11.1. The molecule has 0 unspecified atom stereocenters. The molecular formula is C77H118N20O17. The Morgan fingerprint density at radius 1 is 0.535 bits per heavy atom. The van der Waals surface area contributed by atoms with Crippen molar-refractivity contribution in [1.82, 2.24) is 89.0 Å². The number of imidazole rings is 1. The number of para-hydroxylation sites is 1. The summed E-state index contributed by atoms with van der Waals surface area (Å²) in [5.74, 6) is -13.9. The van der Waals surface area contributed by atoms with E-state index in [0.717, 1.165) is 10.9 Å². The lowest BCUT2D eigenvalue weighted by atomic mass is 9.98. The molecule has 23 N–H and O–H groups in total. The maximum atomic E-state index is 14.9. The summed E-state index contributed by atoms with van der Waals surface area (Å²) in [6.45, 7) is 15.3. The molecule has 1 aliphatic rings. The maximum Gasteiger partial charge on any atom is 0.322 e. The molecule has 5 rings (SSSR count). The number of nitrogens with zero attached hydrogens (tertiary/aromatic N) is 2. The van der Waals surface area contributed by atoms with E-state index in [2.05, 4.69) is 84.1 Å². The van der Waals surface area contributed by atoms with Crippen molar-refractivity contribution in [2.45, 2.75) is 225 Å². The molecule has 114 heavy (non-hydrogen) atoms. The second-order valence-electron chi connectivity index (χ2n) is 30.0. The minimum absolute atomic E-state index is 0.0279. The largest absolute Gasteiger partial charge is 0.508 e. The number of unbranched alkanes of at least 4 members (excludes halogenated alkanes) is 2. The lowest BCUT2D eigenvalue weighted by Gasteiger charge is -2.32. The number of aliphatic carboxylic acids is 1. The maximum absolute atomic E-state index is 14.9. The molecule has 0 saturated carbocycles. The van der Waals surface area contributed by atoms with E-state index in [0.29, 0.717) is 68.3 Å². The quantitative estimate of drug-likeness (QED) is 0.0211. The highest BCUT2D eigenvalue weighted by atomic mass is 16.4. The summed E-state index contributed by atoms with van der Waals surface area (Å²) in [6.07, 6.45) is 7.27. The van der Waals surface area contributed by atoms with Gasteiger partial charge < -0.3 is 111 Å². The van der Waals surface area contributed by atoms with Crippen molar-refractivity contribution in [3.8, 4) is 5.75 Å². The first-order valence-electron chi connectivity index (χ1n) is 38.9. The number of benzene rings is 2. The number of carboxylic acid groups (broad SMARTS) is 1. The van der Waals surface area contributed by atoms with E-state index in [1.807, 2.05) is 32.0 Å². The number of hydrogen-bond donors (Lipinski definition) is 20. The molecule has 14 amide bonds. The van der Waals surface area contributed by atoms with Crippen LogP contribution in [0.1, 0.15) is 150 Å². The number of aromatic hydroxyl groups is 1. The standard InChI is InChI=1S/C77H118N20O17/c1-11-44(8)65(75(112)85-37-60(99)83-39-62(101)102)94-61(100)38-84-69(106)54(22-15-17-29-79)89-72(109)58(34-49-36-81-40-86-49)91-67(104)46(10)88-74(111)59-23-18-30-97(59)77(114)64(43(6)7)96-73(110)57(33-48-35-82-53-21-13-12-19-51(48)53)90-66(103)45(9)87-70(107)55(31-41(2)3)92-71(108)56(32-47-24-26-50(98)27-25-47)93-76(113)63(42(4)5)95-68(105)52(80)20-14-16-28-78/h12-13,19,21,24-27,35-36,40-46,52,54-59,63-65,82,98H,11,14-18,20,22-23,28-34,37-39,78-80H2,1-10H3,(H,81,86)(H,83,99)(H,84,106)(H,85,112)(H,87,107)(H,88,111)(H,89,109)(H,90,103)(H,91,104)(H,92,108)(H,93,113)(H,94,100)(H,95,105)(H,96,110)(H,101,102)/t44-,45-,46-,52-,54-,55-,56-,57-,58-,59-,63-,64-,65-/m0/s1. The highest BCUT2D eigenvalue weighted by Gasteiger charge is 2.42. The summed E-state index contributed by atoms with van der Waals surface area (Å²) in [6, 6.07) is -2.04. The van der Waals surface area contributed by atoms with Crippen LogP contribution in [0.4, 0.5) is 0 Å². The Morgan fingerprint density at radius 3 is 1.69 bits per heavy atom. The highest BCUT2D eigenvalue weighted by molar-refractivity contribution is 6.00. The number of hydrogen-bond acceptors (Lipinski definition) is 20. The van der Waals surface area contributed by atoms with Crippen molar-refractivity contribution in [3.63, 3.8) is 0 Å². The summed E-state index contributed by atoms with van der Waals surface area (Å²) in [7, 11) is 0. The summed E-state index contributed by atoms with van der Waals surface area (Å²) < 4.78 is 0. The van der Waals surface area contributed by atoms with Crippen LogP contribution < -0.4 is 86.3 Å². The Labute approximate surface area is 663 Å². The monoisotopic (exact) mass is 1590 g/mol. The van der Waals surface area contributed by atoms with Gasteiger partial charge in [0.1, 0.15) is 78.8 Å². The molecule has 1 saturated heterocycles. The van der Waals surface area contributed by atoms with E-state index >= 15 is 0 Å². The third-order valence-corrected chi connectivity index (χ3v) is 19.5. The van der Waals surface area contributed by atoms with Crippen molar-refractivity contribution in [1.29, 1.82) is 0 Å². The van der Waals surface area contributed by atoms with E-state index < -0.39 is 199 Å². The van der Waals surface area contributed by atoms with Gasteiger partial charge in [-0.1, -0.05) is 98.6 Å². The van der Waals surface area contributed by atoms with Crippen molar-refractivity contribution < 1.29 is 82.1 Å². The number of amides is 14. The van der Waals surface area contributed by atoms with E-state index in [4.69, 9.17) is 22.3 Å². The number of phenolic OH excluding ortho intramolecular Hbond substituents is 1. The van der Waals surface area contributed by atoms with Crippen LogP contribution in [0.15, 0.2) is 67.3 Å². The van der Waals surface area contributed by atoms with Crippen LogP contribution in [0, 0.1) is 23.7 Å². The van der Waals surface area contributed by atoms with Crippen molar-refractivity contribution in [3.05, 3.63) is 84.1 Å². The number of carboxylic acids is 1. The van der Waals surface area contributed by atoms with Crippen molar-refractivity contribution in [2.24, 2.45) is 40.9 Å². The first-order chi connectivity index (χ1) is 54.0. The van der Waals surface area contributed by atoms with Gasteiger partial charge in [0.15, 0.2) is 0 Å². The summed E-state index contributed by atoms with van der Waals surface area (Å²) in [4.78, 5) is 218. The molecule has 2 aromatic heterocycles. The number of rotatable bonds is 48. The topological polar surface area (TPSA) is 579 Å². The minimum atomic E-state index is -1.41. The number of H-pyrrole nitrogens is 2. The van der Waals surface area contributed by atoms with Crippen LogP contribution in [0.5, 0.6) is 5.75 Å². The zero-order valence-corrected chi connectivity index (χ0v) is 66.7. The van der Waals surface area contributed by atoms with Gasteiger partial charge in [0, 0.05) is 54.8 Å². The Kier molecular flexibility index (Phi) is 38.4. The van der Waals surface area contributed by atoms with Crippen molar-refractivity contribution >= 4 is 99.6 Å². The lowest BCUT2D eigenvalue weighted by molar-refractivity contribution is -0.143. The van der Waals surface area contributed by atoms with Gasteiger partial charge in [0.05, 0.1) is 25.5 Å². The third kappa shape index (κ3) is 30.1. The van der Waals surface area contributed by atoms with Gasteiger partial charge in [0.2, 0.25) is 82.7 Å². The first-order valence-corrected chi connectivity index (χ1v) is 38.9. The number of aromatic nitrogens is 3. The Morgan fingerprint density at radius 2 is 1.09 bits per heavy atom. The average Bonchev–Trinajstić information content (AvgIpc) is 1.64. The summed E-state index contributed by atoms with van der Waals surface area (Å²) in [5, 5.41) is 53.6. The molecule has 2 aromatic carbocycles. The molecule has 0 spiro atoms. The van der Waals surface area contributed by atoms with Crippen LogP contribution in [-0.2, 0) is 91.2 Å². The molecular weight excluding hydrogens is 1480 g/mol. The van der Waals surface area contributed by atoms with E-state index in [1.54, 1.807) is 65.9 Å². The van der Waals surface area contributed by atoms with E-state index in [9.17, 15) is 77.0 Å². The fourth-order valence-corrected chi connectivity index (χ4v) is 12.7. The Balaban J connectivity index is 1.29. The van der Waals surface area contributed by atoms with Gasteiger partial charge in [-0.15, -0.1) is 0 Å². The highest BCUT2D eigenvalue weighted by Crippen LogP contribution is 2.24. The second-order valence-corrected chi connectivity index (χ2v) is 30.0. The van der Waals surface area contributed by atoms with Crippen LogP contribution in [0.2, 0.25) is 0 Å². The van der Waals surface area contributed by atoms with E-state index in [-0.39, 0.29) is 63.3 Å². The molecule has 0 bridgehead atoms. The molecule has 13 atom stereocenters. The van der Waals surface area contributed by atoms with Gasteiger partial charge in [-0.2, -0.15) is 0 Å². The zero-order chi connectivity index (χ0) is 84.5. The van der Waals surface area contributed by atoms with Gasteiger partial charge in [-0.25, -0.2) is 4.98 Å². The van der Waals surface area contributed by atoms with Gasteiger partial charge in [-0.3, -0.25) is 71.9 Å². The summed E-state index contributed by atoms with van der Waals surface area (Å²) in [5.41, 5.74) is 19.8. The number of nitrogens with one attached hydrogen (secondary N) is 15. The minimum Gasteiger partial charge on any atom is -0.508 e. The number of nitrogens with two attached hydrogens (primary N) is 3. The number of phenols is 1. The SMILES string of the molecule is CC[C@H](C)[C@H](NC(=O)CNC(=O)[C@H](CCCCN)NC(=O)[C@H](Cc1cnc[nH]1)NC(=O)[C@H](C)NC(=O)[C@@H]1CCCN1C(=O)[C@@H](NC(=O)[C@H](Cc1c[nH]c2ccccc12)NC(=O)[C@H](C)NC(=O)[C@H](CC(C)C)NC(=O)[C@H](Cc1ccc(O)cc1)NC(=O)[C@@H](NC(=O)[C@@H](N)CCCCN)C(C)C)C(C)C)C(=O)NCC(=O)NCC(=O)O. The fraction of sp³-hybridized carbons (Fsp3) is 0.584. The average molecular weight is 1600 g/mol. The van der Waals surface area contributed by atoms with Crippen molar-refractivity contribution in [2.75, 3.05) is 39.3 Å². The summed E-state index contributed by atoms with van der Waals surface area (Å²) >= 11 is 0. The fourth-order valence-electron chi connectivity index (χ4n) is 12.7. The molecule has 0 aliphatic carbocycles. The lowest BCUT2D eigenvalue weighted by Crippen LogP contribution is -2.61. The predicted octanol–water partition coefficient (Wildman–Crippen LogP) is -2.07. The number of fused-ring (bicyclic) bond motifs is 1. The molecule has 1 aliphatic heterocycles. The number of carbonyl (C=O) groups is 15. The molecule has 0 radical (unpaired) electrons. The van der Waals surface area contributed by atoms with Gasteiger partial charge >= 0.3 is 5.97 Å². The smallest absolute Gasteiger partial charge is 0.322 e. The Bertz CT molecular complexity index is 3910. The molecule has 37 nitrogen and oxygen atoms in total. The number of likely N-dealkylation sites (tertiary alicyclic amines) is 1. The normalized spacial score (nSPS) is 15.8. The zero-order valence-electron chi connectivity index (χ0n) is 66.7. The van der Waals surface area contributed by atoms with Crippen LogP contribution in [0.3, 0.4) is 0 Å². The van der Waals surface area contributed by atoms with Crippen LogP contribution >= 0.6 is 0 Å². The predicted molar refractivity (Wildman–Crippen MR) is 421 cm³/mol. The van der Waals surface area contributed by atoms with Crippen LogP contribution in [-0.4, -0.2) is 231 Å². The van der Waals surface area contributed by atoms with Gasteiger partial charge in [-0.05, 0) is 131 Å².